The Balaban J connectivity index is 2.73. The van der Waals surface area contributed by atoms with Crippen molar-refractivity contribution >= 4 is 11.6 Å². The summed E-state index contributed by atoms with van der Waals surface area (Å²) in [6.45, 7) is 12.6. The van der Waals surface area contributed by atoms with Crippen molar-refractivity contribution in [1.82, 2.24) is 0 Å². The first-order valence-corrected chi connectivity index (χ1v) is 4.74. The van der Waals surface area contributed by atoms with Gasteiger partial charge >= 0.3 is 0 Å². The van der Waals surface area contributed by atoms with E-state index in [2.05, 4.69) is 33.4 Å². The lowest BCUT2D eigenvalue weighted by Gasteiger charge is -1.99. The molecular weight excluding hydrogens is 168 g/mol. The standard InChI is InChI=1S/C11H17Cl/c1-7(2)10-9(6-8(3)12)11(10,4)5/h6,9-10H,1H2,2-5H3/b8-6+. The Labute approximate surface area is 80.3 Å². The largest absolute Gasteiger partial charge is 0.0998 e. The maximum absolute atomic E-state index is 5.84. The van der Waals surface area contributed by atoms with Gasteiger partial charge in [-0.05, 0) is 31.1 Å². The third-order valence-electron chi connectivity index (χ3n) is 2.85. The van der Waals surface area contributed by atoms with E-state index in [0.717, 1.165) is 5.03 Å². The summed E-state index contributed by atoms with van der Waals surface area (Å²) in [6.07, 6.45) is 2.15. The summed E-state index contributed by atoms with van der Waals surface area (Å²) in [6, 6.07) is 0. The van der Waals surface area contributed by atoms with E-state index >= 15 is 0 Å². The highest BCUT2D eigenvalue weighted by molar-refractivity contribution is 6.29. The molecule has 0 heterocycles. The van der Waals surface area contributed by atoms with Crippen LogP contribution in [0, 0.1) is 17.3 Å². The van der Waals surface area contributed by atoms with Gasteiger partial charge in [0.2, 0.25) is 0 Å². The molecule has 0 nitrogen and oxygen atoms in total. The van der Waals surface area contributed by atoms with E-state index in [-0.39, 0.29) is 0 Å². The molecule has 2 unspecified atom stereocenters. The zero-order valence-corrected chi connectivity index (χ0v) is 9.07. The highest BCUT2D eigenvalue weighted by atomic mass is 35.5. The molecule has 1 fully saturated rings. The molecule has 0 aromatic rings. The fraction of sp³-hybridized carbons (Fsp3) is 0.636. The average molecular weight is 185 g/mol. The van der Waals surface area contributed by atoms with Crippen molar-refractivity contribution < 1.29 is 0 Å². The molecule has 0 N–H and O–H groups in total. The van der Waals surface area contributed by atoms with Crippen LogP contribution in [0.4, 0.5) is 0 Å². The van der Waals surface area contributed by atoms with E-state index < -0.39 is 0 Å². The minimum absolute atomic E-state index is 0.377. The predicted octanol–water partition coefficient (Wildman–Crippen LogP) is 3.98. The lowest BCUT2D eigenvalue weighted by atomic mass is 10.1. The van der Waals surface area contributed by atoms with E-state index in [4.69, 9.17) is 11.6 Å². The van der Waals surface area contributed by atoms with Crippen LogP contribution in [-0.4, -0.2) is 0 Å². The molecule has 0 bridgehead atoms. The van der Waals surface area contributed by atoms with Gasteiger partial charge in [0.1, 0.15) is 0 Å². The number of rotatable bonds is 2. The quantitative estimate of drug-likeness (QED) is 0.570. The van der Waals surface area contributed by atoms with Crippen molar-refractivity contribution in [3.8, 4) is 0 Å². The lowest BCUT2D eigenvalue weighted by Crippen LogP contribution is -1.89. The van der Waals surface area contributed by atoms with Crippen molar-refractivity contribution in [2.75, 3.05) is 0 Å². The van der Waals surface area contributed by atoms with Gasteiger partial charge in [-0.15, -0.1) is 0 Å². The summed E-state index contributed by atoms with van der Waals surface area (Å²) < 4.78 is 0. The summed E-state index contributed by atoms with van der Waals surface area (Å²) in [5.74, 6) is 1.23. The molecule has 68 valence electrons. The number of halogens is 1. The molecule has 0 radical (unpaired) electrons. The van der Waals surface area contributed by atoms with Gasteiger partial charge in [0.25, 0.3) is 0 Å². The van der Waals surface area contributed by atoms with Crippen molar-refractivity contribution in [1.29, 1.82) is 0 Å². The molecule has 1 heteroatoms. The fourth-order valence-electron chi connectivity index (χ4n) is 2.18. The van der Waals surface area contributed by atoms with Crippen LogP contribution in [-0.2, 0) is 0 Å². The number of hydrogen-bond donors (Lipinski definition) is 0. The normalized spacial score (nSPS) is 33.2. The first-order chi connectivity index (χ1) is 5.37. The van der Waals surface area contributed by atoms with Gasteiger partial charge in [-0.2, -0.15) is 0 Å². The Morgan fingerprint density at radius 3 is 2.17 bits per heavy atom. The second-order valence-electron chi connectivity index (χ2n) is 4.42. The molecule has 0 aliphatic heterocycles. The minimum atomic E-state index is 0.377. The first kappa shape index (κ1) is 9.85. The number of hydrogen-bond acceptors (Lipinski definition) is 0. The molecule has 1 aliphatic carbocycles. The van der Waals surface area contributed by atoms with Crippen molar-refractivity contribution in [3.05, 3.63) is 23.3 Å². The van der Waals surface area contributed by atoms with Crippen LogP contribution in [0.25, 0.3) is 0 Å². The molecule has 1 rings (SSSR count). The molecular formula is C11H17Cl. The molecule has 2 atom stereocenters. The molecule has 1 saturated carbocycles. The van der Waals surface area contributed by atoms with Crippen LogP contribution in [0.2, 0.25) is 0 Å². The zero-order valence-electron chi connectivity index (χ0n) is 8.32. The topological polar surface area (TPSA) is 0 Å². The van der Waals surface area contributed by atoms with E-state index in [0.29, 0.717) is 17.3 Å². The smallest absolute Gasteiger partial charge is 0.0113 e. The molecule has 12 heavy (non-hydrogen) atoms. The Hall–Kier alpha value is -0.230. The molecule has 1 aliphatic rings. The van der Waals surface area contributed by atoms with Crippen LogP contribution >= 0.6 is 11.6 Å². The van der Waals surface area contributed by atoms with Gasteiger partial charge in [0.15, 0.2) is 0 Å². The predicted molar refractivity (Wildman–Crippen MR) is 55.2 cm³/mol. The molecule has 0 saturated heterocycles. The van der Waals surface area contributed by atoms with Gasteiger partial charge in [-0.3, -0.25) is 0 Å². The van der Waals surface area contributed by atoms with Crippen LogP contribution in [0.5, 0.6) is 0 Å². The maximum Gasteiger partial charge on any atom is 0.0113 e. The third kappa shape index (κ3) is 1.59. The highest BCUT2D eigenvalue weighted by Crippen LogP contribution is 2.62. The van der Waals surface area contributed by atoms with Gasteiger partial charge in [-0.1, -0.05) is 43.7 Å². The van der Waals surface area contributed by atoms with Crippen LogP contribution in [0.1, 0.15) is 27.7 Å². The minimum Gasteiger partial charge on any atom is -0.0998 e. The van der Waals surface area contributed by atoms with Gasteiger partial charge < -0.3 is 0 Å². The summed E-state index contributed by atoms with van der Waals surface area (Å²) >= 11 is 5.84. The first-order valence-electron chi connectivity index (χ1n) is 4.36. The molecule has 0 spiro atoms. The highest BCUT2D eigenvalue weighted by Gasteiger charge is 2.56. The van der Waals surface area contributed by atoms with E-state index in [9.17, 15) is 0 Å². The van der Waals surface area contributed by atoms with E-state index in [1.807, 2.05) is 6.92 Å². The Morgan fingerprint density at radius 1 is 1.42 bits per heavy atom. The average Bonchev–Trinajstić information content (AvgIpc) is 2.32. The van der Waals surface area contributed by atoms with Gasteiger partial charge in [0, 0.05) is 5.03 Å². The lowest BCUT2D eigenvalue weighted by molar-refractivity contribution is 0.578. The summed E-state index contributed by atoms with van der Waals surface area (Å²) in [5.41, 5.74) is 1.65. The second kappa shape index (κ2) is 2.92. The molecule has 0 aromatic carbocycles. The number of allylic oxidation sites excluding steroid dienone is 3. The van der Waals surface area contributed by atoms with Crippen molar-refractivity contribution in [3.63, 3.8) is 0 Å². The molecule has 0 amide bonds. The maximum atomic E-state index is 5.84. The van der Waals surface area contributed by atoms with Crippen molar-refractivity contribution in [2.45, 2.75) is 27.7 Å². The van der Waals surface area contributed by atoms with Crippen LogP contribution < -0.4 is 0 Å². The van der Waals surface area contributed by atoms with E-state index in [1.165, 1.54) is 5.57 Å². The van der Waals surface area contributed by atoms with Gasteiger partial charge in [0.05, 0.1) is 0 Å². The summed E-state index contributed by atoms with van der Waals surface area (Å²) in [4.78, 5) is 0. The van der Waals surface area contributed by atoms with E-state index in [1.54, 1.807) is 0 Å². The second-order valence-corrected chi connectivity index (χ2v) is 5.02. The third-order valence-corrected chi connectivity index (χ3v) is 2.98. The monoisotopic (exact) mass is 184 g/mol. The summed E-state index contributed by atoms with van der Waals surface area (Å²) in [5, 5.41) is 0.900. The Kier molecular flexibility index (Phi) is 2.40. The Morgan fingerprint density at radius 2 is 1.92 bits per heavy atom. The van der Waals surface area contributed by atoms with Crippen LogP contribution in [0.15, 0.2) is 23.3 Å². The zero-order chi connectivity index (χ0) is 9.52. The molecule has 0 aromatic heterocycles. The summed E-state index contributed by atoms with van der Waals surface area (Å²) in [7, 11) is 0. The Bertz CT molecular complexity index is 231. The van der Waals surface area contributed by atoms with Crippen molar-refractivity contribution in [2.24, 2.45) is 17.3 Å². The van der Waals surface area contributed by atoms with Crippen LogP contribution in [0.3, 0.4) is 0 Å². The fourth-order valence-corrected chi connectivity index (χ4v) is 2.31. The van der Waals surface area contributed by atoms with Gasteiger partial charge in [-0.25, -0.2) is 0 Å². The SMILES string of the molecule is C=C(C)C1C(/C=C(\C)Cl)C1(C)C.